The molecule has 0 aliphatic carbocycles. The number of nitrogens with one attached hydrogen (secondary N) is 2. The number of rotatable bonds is 8. The van der Waals surface area contributed by atoms with Gasteiger partial charge in [0.2, 0.25) is 5.91 Å². The second-order valence-corrected chi connectivity index (χ2v) is 7.29. The summed E-state index contributed by atoms with van der Waals surface area (Å²) in [7, 11) is 3.18. The summed E-state index contributed by atoms with van der Waals surface area (Å²) in [6.07, 6.45) is 0.317. The fraction of sp³-hybridized carbons (Fsp3) is 0.286. The highest BCUT2D eigenvalue weighted by Crippen LogP contribution is 2.31. The molecular weight excluding hydrogens is 360 g/mol. The number of aromatic amines is 1. The number of carbonyl (C=O) groups excluding carboxylic acids is 1. The van der Waals surface area contributed by atoms with E-state index in [-0.39, 0.29) is 5.91 Å². The molecule has 5 nitrogen and oxygen atoms in total. The monoisotopic (exact) mass is 384 g/mol. The van der Waals surface area contributed by atoms with Crippen molar-refractivity contribution < 1.29 is 14.3 Å². The van der Waals surface area contributed by atoms with Gasteiger partial charge in [-0.05, 0) is 30.7 Å². The molecule has 0 spiro atoms. The number of H-pyrrole nitrogens is 1. The molecule has 0 radical (unpaired) electrons. The summed E-state index contributed by atoms with van der Waals surface area (Å²) in [4.78, 5) is 16.9. The molecule has 0 saturated carbocycles. The van der Waals surface area contributed by atoms with Crippen LogP contribution in [-0.4, -0.2) is 37.4 Å². The summed E-state index contributed by atoms with van der Waals surface area (Å²) in [5, 5.41) is 4.22. The van der Waals surface area contributed by atoms with Gasteiger partial charge >= 0.3 is 0 Å². The molecule has 1 heterocycles. The van der Waals surface area contributed by atoms with Gasteiger partial charge in [0.15, 0.2) is 11.5 Å². The van der Waals surface area contributed by atoms with E-state index in [9.17, 15) is 4.79 Å². The number of amides is 1. The summed E-state index contributed by atoms with van der Waals surface area (Å²) < 4.78 is 10.5. The molecule has 3 rings (SSSR count). The van der Waals surface area contributed by atoms with E-state index >= 15 is 0 Å². The number of para-hydroxylation sites is 1. The third-order valence-electron chi connectivity index (χ3n) is 4.32. The van der Waals surface area contributed by atoms with Gasteiger partial charge < -0.3 is 19.8 Å². The highest BCUT2D eigenvalue weighted by Gasteiger charge is 2.10. The topological polar surface area (TPSA) is 63.3 Å². The van der Waals surface area contributed by atoms with Gasteiger partial charge in [0.05, 0.1) is 20.6 Å². The van der Waals surface area contributed by atoms with E-state index in [1.54, 1.807) is 26.0 Å². The Kier molecular flexibility index (Phi) is 6.29. The lowest BCUT2D eigenvalue weighted by atomic mass is 10.1. The average Bonchev–Trinajstić information content (AvgIpc) is 3.00. The highest BCUT2D eigenvalue weighted by molar-refractivity contribution is 7.99. The minimum absolute atomic E-state index is 0.00142. The minimum atomic E-state index is -0.00142. The number of hydrogen-bond donors (Lipinski definition) is 2. The van der Waals surface area contributed by atoms with Gasteiger partial charge in [-0.2, -0.15) is 0 Å². The fourth-order valence-electron chi connectivity index (χ4n) is 3.02. The summed E-state index contributed by atoms with van der Waals surface area (Å²) in [6, 6.07) is 13.8. The van der Waals surface area contributed by atoms with Crippen LogP contribution in [0.15, 0.2) is 47.4 Å². The Morgan fingerprint density at radius 1 is 1.11 bits per heavy atom. The smallest absolute Gasteiger partial charge is 0.224 e. The van der Waals surface area contributed by atoms with E-state index in [0.717, 1.165) is 22.5 Å². The molecule has 0 aliphatic rings. The molecule has 2 aromatic carbocycles. The first kappa shape index (κ1) is 19.2. The molecular formula is C21H24N2O3S. The summed E-state index contributed by atoms with van der Waals surface area (Å²) in [5.41, 5.74) is 3.21. The van der Waals surface area contributed by atoms with Crippen molar-refractivity contribution in [2.24, 2.45) is 0 Å². The van der Waals surface area contributed by atoms with Gasteiger partial charge in [0, 0.05) is 33.8 Å². The van der Waals surface area contributed by atoms with Crippen molar-refractivity contribution in [3.63, 3.8) is 0 Å². The Bertz CT molecular complexity index is 936. The molecule has 27 heavy (non-hydrogen) atoms. The van der Waals surface area contributed by atoms with Crippen molar-refractivity contribution in [3.05, 3.63) is 53.7 Å². The maximum atomic E-state index is 12.2. The van der Waals surface area contributed by atoms with Crippen molar-refractivity contribution in [2.45, 2.75) is 18.2 Å². The summed E-state index contributed by atoms with van der Waals surface area (Å²) in [5.74, 6) is 2.11. The number of fused-ring (bicyclic) bond motifs is 1. The van der Waals surface area contributed by atoms with Crippen LogP contribution in [-0.2, 0) is 11.2 Å². The molecule has 0 fully saturated rings. The third kappa shape index (κ3) is 4.57. The van der Waals surface area contributed by atoms with Crippen molar-refractivity contribution in [1.29, 1.82) is 0 Å². The van der Waals surface area contributed by atoms with Gasteiger partial charge in [0.25, 0.3) is 0 Å². The predicted octanol–water partition coefficient (Wildman–Crippen LogP) is 3.94. The van der Waals surface area contributed by atoms with Crippen molar-refractivity contribution in [2.75, 3.05) is 26.5 Å². The maximum Gasteiger partial charge on any atom is 0.224 e. The molecule has 0 saturated heterocycles. The van der Waals surface area contributed by atoms with Crippen LogP contribution in [0.25, 0.3) is 10.9 Å². The van der Waals surface area contributed by atoms with E-state index in [0.29, 0.717) is 24.5 Å². The fourth-order valence-corrected chi connectivity index (χ4v) is 4.03. The van der Waals surface area contributed by atoms with Crippen LogP contribution < -0.4 is 14.8 Å². The summed E-state index contributed by atoms with van der Waals surface area (Å²) >= 11 is 1.76. The second-order valence-electron chi connectivity index (χ2n) is 6.19. The van der Waals surface area contributed by atoms with Crippen LogP contribution in [0.1, 0.15) is 11.3 Å². The Labute approximate surface area is 163 Å². The number of hydrogen-bond acceptors (Lipinski definition) is 4. The molecule has 142 valence electrons. The standard InChI is InChI=1S/C21H24N2O3S/c1-14-21(16-6-4-5-7-17(16)23-14)27-11-10-22-20(24)13-15-8-9-18(25-2)19(12-15)26-3/h4-9,12,23H,10-11,13H2,1-3H3,(H,22,24). The predicted molar refractivity (Wildman–Crippen MR) is 110 cm³/mol. The van der Waals surface area contributed by atoms with E-state index in [2.05, 4.69) is 29.4 Å². The van der Waals surface area contributed by atoms with E-state index in [1.807, 2.05) is 30.3 Å². The Balaban J connectivity index is 1.50. The van der Waals surface area contributed by atoms with E-state index in [4.69, 9.17) is 9.47 Å². The Morgan fingerprint density at radius 3 is 2.67 bits per heavy atom. The SMILES string of the molecule is COc1ccc(CC(=O)NCCSc2c(C)[nH]c3ccccc23)cc1OC. The molecule has 0 atom stereocenters. The van der Waals surface area contributed by atoms with Crippen molar-refractivity contribution in [1.82, 2.24) is 10.3 Å². The lowest BCUT2D eigenvalue weighted by Gasteiger charge is -2.10. The van der Waals surface area contributed by atoms with Crippen LogP contribution in [0, 0.1) is 6.92 Å². The molecule has 6 heteroatoms. The number of carbonyl (C=O) groups is 1. The Morgan fingerprint density at radius 2 is 1.89 bits per heavy atom. The number of aromatic nitrogens is 1. The maximum absolute atomic E-state index is 12.2. The zero-order valence-electron chi connectivity index (χ0n) is 15.8. The molecule has 1 aromatic heterocycles. The Hall–Kier alpha value is -2.60. The summed E-state index contributed by atoms with van der Waals surface area (Å²) in [6.45, 7) is 2.70. The lowest BCUT2D eigenvalue weighted by molar-refractivity contribution is -0.120. The molecule has 3 aromatic rings. The van der Waals surface area contributed by atoms with Gasteiger partial charge in [-0.1, -0.05) is 24.3 Å². The first-order chi connectivity index (χ1) is 13.1. The first-order valence-electron chi connectivity index (χ1n) is 8.80. The zero-order chi connectivity index (χ0) is 19.2. The van der Waals surface area contributed by atoms with Crippen LogP contribution >= 0.6 is 11.8 Å². The lowest BCUT2D eigenvalue weighted by Crippen LogP contribution is -2.27. The quantitative estimate of drug-likeness (QED) is 0.456. The second kappa shape index (κ2) is 8.86. The third-order valence-corrected chi connectivity index (χ3v) is 5.54. The number of benzene rings is 2. The minimum Gasteiger partial charge on any atom is -0.493 e. The number of thioether (sulfide) groups is 1. The van der Waals surface area contributed by atoms with Crippen LogP contribution in [0.3, 0.4) is 0 Å². The van der Waals surface area contributed by atoms with E-state index in [1.165, 1.54) is 10.3 Å². The van der Waals surface area contributed by atoms with Crippen LogP contribution in [0.5, 0.6) is 11.5 Å². The van der Waals surface area contributed by atoms with E-state index < -0.39 is 0 Å². The van der Waals surface area contributed by atoms with Gasteiger partial charge in [0.1, 0.15) is 0 Å². The molecule has 2 N–H and O–H groups in total. The largest absolute Gasteiger partial charge is 0.493 e. The molecule has 0 unspecified atom stereocenters. The van der Waals surface area contributed by atoms with Crippen LogP contribution in [0.4, 0.5) is 0 Å². The van der Waals surface area contributed by atoms with Crippen LogP contribution in [0.2, 0.25) is 0 Å². The van der Waals surface area contributed by atoms with Gasteiger partial charge in [-0.25, -0.2) is 0 Å². The van der Waals surface area contributed by atoms with Crippen molar-refractivity contribution >= 4 is 28.6 Å². The number of aryl methyl sites for hydroxylation is 1. The number of ether oxygens (including phenoxy) is 2. The van der Waals surface area contributed by atoms with Gasteiger partial charge in [-0.15, -0.1) is 11.8 Å². The number of methoxy groups -OCH3 is 2. The van der Waals surface area contributed by atoms with Gasteiger partial charge in [-0.3, -0.25) is 4.79 Å². The average molecular weight is 385 g/mol. The zero-order valence-corrected chi connectivity index (χ0v) is 16.6. The highest BCUT2D eigenvalue weighted by atomic mass is 32.2. The first-order valence-corrected chi connectivity index (χ1v) is 9.78. The van der Waals surface area contributed by atoms with Crippen molar-refractivity contribution in [3.8, 4) is 11.5 Å². The molecule has 0 bridgehead atoms. The molecule has 0 aliphatic heterocycles. The molecule has 1 amide bonds. The normalized spacial score (nSPS) is 10.8.